The van der Waals surface area contributed by atoms with E-state index in [4.69, 9.17) is 9.47 Å². The average Bonchev–Trinajstić information content (AvgIpc) is 3.15. The van der Waals surface area contributed by atoms with Gasteiger partial charge in [-0.25, -0.2) is 4.79 Å². The summed E-state index contributed by atoms with van der Waals surface area (Å²) in [4.78, 5) is 11.6. The average molecular weight is 258 g/mol. The predicted molar refractivity (Wildman–Crippen MR) is 71.4 cm³/mol. The quantitative estimate of drug-likeness (QED) is 0.782. The topological polar surface area (TPSA) is 35.5 Å². The van der Waals surface area contributed by atoms with Gasteiger partial charge in [-0.2, -0.15) is 0 Å². The largest absolute Gasteiger partial charge is 0.466 e. The minimum Gasteiger partial charge on any atom is -0.466 e. The van der Waals surface area contributed by atoms with E-state index < -0.39 is 0 Å². The molecule has 2 aliphatic carbocycles. The second-order valence-electron chi connectivity index (χ2n) is 5.22. The summed E-state index contributed by atoms with van der Waals surface area (Å²) in [7, 11) is 3.19. The van der Waals surface area contributed by atoms with Crippen molar-refractivity contribution in [1.29, 1.82) is 0 Å². The summed E-state index contributed by atoms with van der Waals surface area (Å²) in [5.74, 6) is 0.569. The van der Waals surface area contributed by atoms with Crippen LogP contribution in [0.5, 0.6) is 0 Å². The zero-order valence-corrected chi connectivity index (χ0v) is 11.3. The van der Waals surface area contributed by atoms with Crippen LogP contribution >= 0.6 is 0 Å². The van der Waals surface area contributed by atoms with E-state index in [2.05, 4.69) is 18.2 Å². The Labute approximate surface area is 113 Å². The molecule has 1 saturated carbocycles. The van der Waals surface area contributed by atoms with Gasteiger partial charge in [-0.05, 0) is 18.4 Å². The molecule has 3 nitrogen and oxygen atoms in total. The van der Waals surface area contributed by atoms with Crippen LogP contribution in [0.15, 0.2) is 42.0 Å². The highest BCUT2D eigenvalue weighted by atomic mass is 16.5. The molecule has 1 aromatic carbocycles. The third-order valence-electron chi connectivity index (χ3n) is 4.49. The fraction of sp³-hybridized carbons (Fsp3) is 0.438. The maximum atomic E-state index is 11.6. The van der Waals surface area contributed by atoms with Crippen molar-refractivity contribution in [3.05, 3.63) is 47.5 Å². The fourth-order valence-electron chi connectivity index (χ4n) is 3.52. The summed E-state index contributed by atoms with van der Waals surface area (Å²) in [6, 6.07) is 10.3. The van der Waals surface area contributed by atoms with Gasteiger partial charge >= 0.3 is 5.97 Å². The van der Waals surface area contributed by atoms with E-state index in [9.17, 15) is 4.79 Å². The van der Waals surface area contributed by atoms with Crippen LogP contribution < -0.4 is 0 Å². The highest BCUT2D eigenvalue weighted by Gasteiger charge is 2.66. The van der Waals surface area contributed by atoms with Gasteiger partial charge in [0.1, 0.15) is 5.60 Å². The highest BCUT2D eigenvalue weighted by Crippen LogP contribution is 2.65. The van der Waals surface area contributed by atoms with Gasteiger partial charge in [0.25, 0.3) is 0 Å². The van der Waals surface area contributed by atoms with Gasteiger partial charge in [-0.3, -0.25) is 0 Å². The smallest absolute Gasteiger partial charge is 0.333 e. The molecule has 0 bridgehead atoms. The first-order valence-corrected chi connectivity index (χ1v) is 6.63. The van der Waals surface area contributed by atoms with E-state index in [-0.39, 0.29) is 11.6 Å². The second-order valence-corrected chi connectivity index (χ2v) is 5.22. The molecule has 2 aliphatic rings. The number of esters is 1. The summed E-state index contributed by atoms with van der Waals surface area (Å²) in [6.45, 7) is 0. The molecule has 0 radical (unpaired) electrons. The van der Waals surface area contributed by atoms with Crippen molar-refractivity contribution in [1.82, 2.24) is 0 Å². The van der Waals surface area contributed by atoms with E-state index >= 15 is 0 Å². The molecule has 1 aromatic rings. The number of methoxy groups -OCH3 is 2. The Morgan fingerprint density at radius 1 is 1.26 bits per heavy atom. The first kappa shape index (κ1) is 12.4. The van der Waals surface area contributed by atoms with Gasteiger partial charge in [-0.1, -0.05) is 36.4 Å². The van der Waals surface area contributed by atoms with Crippen LogP contribution in [0.2, 0.25) is 0 Å². The lowest BCUT2D eigenvalue weighted by molar-refractivity contribution is -0.136. The Balaban J connectivity index is 1.93. The molecule has 0 spiro atoms. The van der Waals surface area contributed by atoms with Gasteiger partial charge in [0.2, 0.25) is 0 Å². The lowest BCUT2D eigenvalue weighted by Gasteiger charge is -2.16. The molecular formula is C16H18O3. The summed E-state index contributed by atoms with van der Waals surface area (Å²) >= 11 is 0. The number of carbonyl (C=O) groups is 1. The van der Waals surface area contributed by atoms with Gasteiger partial charge in [0.05, 0.1) is 7.11 Å². The molecule has 0 saturated heterocycles. The van der Waals surface area contributed by atoms with Gasteiger partial charge in [-0.15, -0.1) is 0 Å². The molecule has 3 rings (SSSR count). The van der Waals surface area contributed by atoms with Crippen LogP contribution in [0.1, 0.15) is 18.4 Å². The Morgan fingerprint density at radius 3 is 2.63 bits per heavy atom. The van der Waals surface area contributed by atoms with E-state index in [1.165, 1.54) is 12.7 Å². The molecule has 3 atom stereocenters. The summed E-state index contributed by atoms with van der Waals surface area (Å²) in [5, 5.41) is 0. The maximum absolute atomic E-state index is 11.6. The standard InChI is InChI=1S/C16H18O3/c1-18-15(17)11-8-9-13-14(10-11)16(13,19-2)12-6-4-3-5-7-12/h3-7,10,13-14H,8-9H2,1-2H3/t13-,14+,16-/m1/s1. The molecule has 0 N–H and O–H groups in total. The number of benzene rings is 1. The Hall–Kier alpha value is -1.61. The summed E-state index contributed by atoms with van der Waals surface area (Å²) in [6.07, 6.45) is 3.82. The molecule has 0 amide bonds. The maximum Gasteiger partial charge on any atom is 0.333 e. The molecule has 1 fully saturated rings. The van der Waals surface area contributed by atoms with Crippen LogP contribution in [0, 0.1) is 11.8 Å². The van der Waals surface area contributed by atoms with E-state index in [1.807, 2.05) is 18.2 Å². The number of hydrogen-bond acceptors (Lipinski definition) is 3. The van der Waals surface area contributed by atoms with Gasteiger partial charge in [0, 0.05) is 24.5 Å². The Morgan fingerprint density at radius 2 is 2.00 bits per heavy atom. The zero-order chi connectivity index (χ0) is 13.5. The van der Waals surface area contributed by atoms with Gasteiger partial charge in [0.15, 0.2) is 0 Å². The van der Waals surface area contributed by atoms with Crippen molar-refractivity contribution in [2.24, 2.45) is 11.8 Å². The number of hydrogen-bond donors (Lipinski definition) is 0. The highest BCUT2D eigenvalue weighted by molar-refractivity contribution is 5.88. The number of fused-ring (bicyclic) bond motifs is 1. The lowest BCUT2D eigenvalue weighted by Crippen LogP contribution is -2.13. The van der Waals surface area contributed by atoms with Crippen LogP contribution in [0.3, 0.4) is 0 Å². The third-order valence-corrected chi connectivity index (χ3v) is 4.49. The van der Waals surface area contributed by atoms with Crippen LogP contribution in [0.25, 0.3) is 0 Å². The molecule has 19 heavy (non-hydrogen) atoms. The molecule has 0 aliphatic heterocycles. The van der Waals surface area contributed by atoms with Crippen molar-refractivity contribution in [3.63, 3.8) is 0 Å². The van der Waals surface area contributed by atoms with E-state index in [0.717, 1.165) is 18.4 Å². The molecule has 0 heterocycles. The monoisotopic (exact) mass is 258 g/mol. The van der Waals surface area contributed by atoms with Crippen LogP contribution in [-0.2, 0) is 19.9 Å². The molecular weight excluding hydrogens is 240 g/mol. The lowest BCUT2D eigenvalue weighted by atomic mass is 10.00. The van der Waals surface area contributed by atoms with Crippen molar-refractivity contribution < 1.29 is 14.3 Å². The molecule has 0 aromatic heterocycles. The zero-order valence-electron chi connectivity index (χ0n) is 11.3. The molecule has 100 valence electrons. The van der Waals surface area contributed by atoms with Crippen LogP contribution in [0.4, 0.5) is 0 Å². The Bertz CT molecular complexity index is 520. The van der Waals surface area contributed by atoms with E-state index in [0.29, 0.717) is 11.8 Å². The Kier molecular flexibility index (Phi) is 2.94. The number of carbonyl (C=O) groups excluding carboxylic acids is 1. The second kappa shape index (κ2) is 4.49. The van der Waals surface area contributed by atoms with Gasteiger partial charge < -0.3 is 9.47 Å². The van der Waals surface area contributed by atoms with Crippen LogP contribution in [-0.4, -0.2) is 20.2 Å². The molecule has 3 heteroatoms. The first-order valence-electron chi connectivity index (χ1n) is 6.63. The predicted octanol–water partition coefficient (Wildman–Crippen LogP) is 2.67. The van der Waals surface area contributed by atoms with E-state index in [1.54, 1.807) is 7.11 Å². The summed E-state index contributed by atoms with van der Waals surface area (Å²) < 4.78 is 10.7. The number of ether oxygens (including phenoxy) is 2. The van der Waals surface area contributed by atoms with Crippen molar-refractivity contribution in [2.75, 3.05) is 14.2 Å². The molecule has 0 unspecified atom stereocenters. The number of rotatable bonds is 3. The summed E-state index contributed by atoms with van der Waals surface area (Å²) in [5.41, 5.74) is 1.75. The minimum absolute atomic E-state index is 0.205. The minimum atomic E-state index is -0.239. The van der Waals surface area contributed by atoms with Crippen molar-refractivity contribution in [3.8, 4) is 0 Å². The van der Waals surface area contributed by atoms with Crippen molar-refractivity contribution >= 4 is 5.97 Å². The first-order chi connectivity index (χ1) is 9.24. The van der Waals surface area contributed by atoms with Crippen molar-refractivity contribution in [2.45, 2.75) is 18.4 Å². The normalized spacial score (nSPS) is 32.2. The SMILES string of the molecule is COC(=O)C1=C[C@H]2[C@@H](CC1)[C@]2(OC)c1ccccc1. The third kappa shape index (κ3) is 1.72. The fourth-order valence-corrected chi connectivity index (χ4v) is 3.52.